The van der Waals surface area contributed by atoms with Crippen LogP contribution in [0.4, 0.5) is 13.2 Å². The lowest BCUT2D eigenvalue weighted by Crippen LogP contribution is -2.18. The molecule has 10 heteroatoms. The van der Waals surface area contributed by atoms with Gasteiger partial charge in [-0.2, -0.15) is 13.2 Å². The van der Waals surface area contributed by atoms with E-state index in [1.54, 1.807) is 43.3 Å². The zero-order chi connectivity index (χ0) is 26.7. The Morgan fingerprint density at radius 1 is 1.11 bits per heavy atom. The van der Waals surface area contributed by atoms with Gasteiger partial charge in [0.15, 0.2) is 0 Å². The fourth-order valence-corrected chi connectivity index (χ4v) is 3.20. The summed E-state index contributed by atoms with van der Waals surface area (Å²) in [5.74, 6) is -0.371. The highest BCUT2D eigenvalue weighted by molar-refractivity contribution is 5.94. The van der Waals surface area contributed by atoms with Crippen LogP contribution in [0.3, 0.4) is 0 Å². The highest BCUT2D eigenvalue weighted by Crippen LogP contribution is 2.37. The third-order valence-electron chi connectivity index (χ3n) is 5.00. The van der Waals surface area contributed by atoms with Gasteiger partial charge in [0.05, 0.1) is 37.1 Å². The summed E-state index contributed by atoms with van der Waals surface area (Å²) in [6.45, 7) is 2.13. The van der Waals surface area contributed by atoms with Crippen molar-refractivity contribution in [3.63, 3.8) is 0 Å². The minimum absolute atomic E-state index is 0.0768. The molecule has 7 nitrogen and oxygen atoms in total. The van der Waals surface area contributed by atoms with Crippen LogP contribution >= 0.6 is 0 Å². The molecule has 0 radical (unpaired) electrons. The molecule has 0 aliphatic rings. The maximum atomic E-state index is 13.0. The second-order valence-corrected chi connectivity index (χ2v) is 7.71. The number of rotatable bonds is 9. The molecule has 0 fully saturated rings. The topological polar surface area (TPSA) is 116 Å². The van der Waals surface area contributed by atoms with Gasteiger partial charge in [0.25, 0.3) is 0 Å². The molecule has 4 N–H and O–H groups in total. The molecule has 36 heavy (non-hydrogen) atoms. The van der Waals surface area contributed by atoms with Crippen molar-refractivity contribution >= 4 is 11.7 Å². The molecule has 3 rings (SSSR count). The summed E-state index contributed by atoms with van der Waals surface area (Å²) in [5, 5.41) is 27.9. The van der Waals surface area contributed by atoms with Crippen molar-refractivity contribution in [3.8, 4) is 17.0 Å². The fraction of sp³-hybridized carbons (Fsp3) is 0.269. The predicted molar refractivity (Wildman–Crippen MR) is 130 cm³/mol. The zero-order valence-corrected chi connectivity index (χ0v) is 19.9. The maximum absolute atomic E-state index is 13.0. The second kappa shape index (κ2) is 13.4. The van der Waals surface area contributed by atoms with Gasteiger partial charge in [0.1, 0.15) is 0 Å². The Morgan fingerprint density at radius 2 is 1.81 bits per heavy atom. The number of benzene rings is 2. The van der Waals surface area contributed by atoms with Crippen molar-refractivity contribution in [2.45, 2.75) is 32.7 Å². The molecule has 0 aliphatic carbocycles. The van der Waals surface area contributed by atoms with E-state index < -0.39 is 24.3 Å². The number of carbonyl (C=O) groups is 1. The van der Waals surface area contributed by atoms with Crippen molar-refractivity contribution in [3.05, 3.63) is 83.0 Å². The quantitative estimate of drug-likeness (QED) is 0.244. The second-order valence-electron chi connectivity index (χ2n) is 7.71. The molecule has 0 saturated carbocycles. The third-order valence-corrected chi connectivity index (χ3v) is 5.00. The van der Waals surface area contributed by atoms with Crippen molar-refractivity contribution < 1.29 is 32.9 Å². The monoisotopic (exact) mass is 503 g/mol. The molecular formula is C26H28F3N3O4. The molecule has 1 aromatic heterocycles. The molecular weight excluding hydrogens is 475 g/mol. The first-order valence-electron chi connectivity index (χ1n) is 10.9. The smallest absolute Gasteiger partial charge is 0.417 e. The van der Waals surface area contributed by atoms with E-state index in [1.807, 2.05) is 6.07 Å². The summed E-state index contributed by atoms with van der Waals surface area (Å²) in [6.07, 6.45) is -4.36. The highest BCUT2D eigenvalue weighted by atomic mass is 19.4. The average molecular weight is 504 g/mol. The molecule has 0 spiro atoms. The Morgan fingerprint density at radius 3 is 2.36 bits per heavy atom. The SMILES string of the molecule is COc1nc(C(C)=N)ccc1CNCCC(=O)O.OCc1ccc(-c2ccccc2)c(C(F)(F)F)c1. The maximum Gasteiger partial charge on any atom is 0.417 e. The van der Waals surface area contributed by atoms with Crippen LogP contribution in [0.5, 0.6) is 5.88 Å². The summed E-state index contributed by atoms with van der Waals surface area (Å²) >= 11 is 0. The van der Waals surface area contributed by atoms with Gasteiger partial charge in [-0.05, 0) is 35.7 Å². The average Bonchev–Trinajstić information content (AvgIpc) is 2.86. The van der Waals surface area contributed by atoms with Gasteiger partial charge in [0.2, 0.25) is 5.88 Å². The number of alkyl halides is 3. The number of aliphatic hydroxyl groups excluding tert-OH is 1. The molecule has 0 aliphatic heterocycles. The number of carboxylic acid groups (broad SMARTS) is 1. The molecule has 0 saturated heterocycles. The lowest BCUT2D eigenvalue weighted by molar-refractivity contribution is -0.138. The Hall–Kier alpha value is -3.76. The first-order valence-corrected chi connectivity index (χ1v) is 10.9. The molecule has 2 aromatic carbocycles. The fourth-order valence-electron chi connectivity index (χ4n) is 3.20. The van der Waals surface area contributed by atoms with Gasteiger partial charge in [0, 0.05) is 18.7 Å². The van der Waals surface area contributed by atoms with Crippen LogP contribution in [0.25, 0.3) is 11.1 Å². The van der Waals surface area contributed by atoms with E-state index in [4.69, 9.17) is 20.4 Å². The van der Waals surface area contributed by atoms with Crippen LogP contribution in [-0.4, -0.2) is 40.5 Å². The number of methoxy groups -OCH3 is 1. The van der Waals surface area contributed by atoms with Crippen LogP contribution in [0.15, 0.2) is 60.7 Å². The lowest BCUT2D eigenvalue weighted by atomic mass is 9.97. The molecule has 1 heterocycles. The Labute approximate surface area is 207 Å². The van der Waals surface area contributed by atoms with E-state index in [1.165, 1.54) is 19.2 Å². The largest absolute Gasteiger partial charge is 0.481 e. The van der Waals surface area contributed by atoms with E-state index in [-0.39, 0.29) is 17.5 Å². The van der Waals surface area contributed by atoms with Crippen LogP contribution in [0.1, 0.15) is 35.7 Å². The summed E-state index contributed by atoms with van der Waals surface area (Å²) in [6, 6.07) is 15.8. The predicted octanol–water partition coefficient (Wildman–Crippen LogP) is 4.91. The minimum Gasteiger partial charge on any atom is -0.481 e. The van der Waals surface area contributed by atoms with E-state index in [2.05, 4.69) is 10.3 Å². The van der Waals surface area contributed by atoms with Gasteiger partial charge < -0.3 is 25.7 Å². The van der Waals surface area contributed by atoms with E-state index in [0.717, 1.165) is 11.6 Å². The first-order chi connectivity index (χ1) is 17.1. The minimum atomic E-state index is -4.43. The molecule has 0 atom stereocenters. The number of aliphatic hydroxyl groups is 1. The highest BCUT2D eigenvalue weighted by Gasteiger charge is 2.33. The van der Waals surface area contributed by atoms with Crippen LogP contribution in [-0.2, 0) is 24.1 Å². The normalized spacial score (nSPS) is 10.8. The van der Waals surface area contributed by atoms with E-state index in [0.29, 0.717) is 35.9 Å². The Bertz CT molecular complexity index is 1170. The van der Waals surface area contributed by atoms with Crippen molar-refractivity contribution in [1.82, 2.24) is 10.3 Å². The van der Waals surface area contributed by atoms with Gasteiger partial charge in [-0.25, -0.2) is 4.98 Å². The number of carboxylic acids is 1. The van der Waals surface area contributed by atoms with Gasteiger partial charge in [-0.15, -0.1) is 0 Å². The lowest BCUT2D eigenvalue weighted by Gasteiger charge is -2.14. The number of aliphatic carboxylic acids is 1. The summed E-state index contributed by atoms with van der Waals surface area (Å²) in [5.41, 5.74) is 1.95. The number of hydrogen-bond acceptors (Lipinski definition) is 6. The zero-order valence-electron chi connectivity index (χ0n) is 19.9. The Balaban J connectivity index is 0.000000254. The number of aromatic nitrogens is 1. The first kappa shape index (κ1) is 28.5. The van der Waals surface area contributed by atoms with Crippen molar-refractivity contribution in [2.24, 2.45) is 0 Å². The van der Waals surface area contributed by atoms with Crippen LogP contribution in [0.2, 0.25) is 0 Å². The molecule has 0 unspecified atom stereocenters. The molecule has 192 valence electrons. The van der Waals surface area contributed by atoms with Gasteiger partial charge in [-0.3, -0.25) is 4.79 Å². The number of hydrogen-bond donors (Lipinski definition) is 4. The Kier molecular flexibility index (Phi) is 10.6. The van der Waals surface area contributed by atoms with Crippen LogP contribution in [0, 0.1) is 5.41 Å². The van der Waals surface area contributed by atoms with Crippen LogP contribution < -0.4 is 10.1 Å². The summed E-state index contributed by atoms with van der Waals surface area (Å²) in [4.78, 5) is 14.6. The number of nitrogens with zero attached hydrogens (tertiary/aromatic N) is 1. The molecule has 3 aromatic rings. The standard InChI is InChI=1S/C14H11F3O.C12H17N3O3/c15-14(16,17)13-8-10(9-18)6-7-12(13)11-4-2-1-3-5-11;1-8(13)10-4-3-9(12(15-10)18-2)7-14-6-5-11(16)17/h1-8,18H,9H2;3-4,13-14H,5-7H2,1-2H3,(H,16,17). The summed E-state index contributed by atoms with van der Waals surface area (Å²) in [7, 11) is 1.52. The number of pyridine rings is 1. The van der Waals surface area contributed by atoms with Gasteiger partial charge >= 0.3 is 12.1 Å². The summed E-state index contributed by atoms with van der Waals surface area (Å²) < 4.78 is 44.1. The number of ether oxygens (including phenoxy) is 1. The number of halogens is 3. The molecule has 0 amide bonds. The molecule has 0 bridgehead atoms. The number of nitrogens with one attached hydrogen (secondary N) is 2. The van der Waals surface area contributed by atoms with E-state index in [9.17, 15) is 18.0 Å². The van der Waals surface area contributed by atoms with E-state index >= 15 is 0 Å². The van der Waals surface area contributed by atoms with Crippen molar-refractivity contribution in [1.29, 1.82) is 5.41 Å². The van der Waals surface area contributed by atoms with Gasteiger partial charge in [-0.1, -0.05) is 48.5 Å². The van der Waals surface area contributed by atoms with Crippen molar-refractivity contribution in [2.75, 3.05) is 13.7 Å². The third kappa shape index (κ3) is 8.47.